The molecule has 0 saturated carbocycles. The maximum Gasteiger partial charge on any atom is 0.254 e. The van der Waals surface area contributed by atoms with Gasteiger partial charge >= 0.3 is 0 Å². The highest BCUT2D eigenvalue weighted by Gasteiger charge is 2.25. The first-order chi connectivity index (χ1) is 13.8. The molecular weight excluding hydrogens is 396 g/mol. The summed E-state index contributed by atoms with van der Waals surface area (Å²) in [6, 6.07) is 0. The highest BCUT2D eigenvalue weighted by molar-refractivity contribution is 7.93. The zero-order chi connectivity index (χ0) is 20.9. The van der Waals surface area contributed by atoms with Gasteiger partial charge in [0.1, 0.15) is 0 Å². The molecule has 1 unspecified atom stereocenters. The molecule has 0 aromatic carbocycles. The van der Waals surface area contributed by atoms with Gasteiger partial charge in [0.15, 0.2) is 0 Å². The largest absolute Gasteiger partial charge is 0.342 e. The first kappa shape index (κ1) is 21.4. The maximum absolute atomic E-state index is 13.0. The molecule has 1 aromatic rings. The number of nitrogens with zero attached hydrogens (tertiary/aromatic N) is 6. The van der Waals surface area contributed by atoms with Crippen LogP contribution < -0.4 is 0 Å². The Balaban J connectivity index is 1.49. The van der Waals surface area contributed by atoms with E-state index in [1.807, 2.05) is 0 Å². The van der Waals surface area contributed by atoms with Crippen molar-refractivity contribution in [1.82, 2.24) is 24.8 Å². The molecule has 3 heterocycles. The first-order valence-electron chi connectivity index (χ1n) is 10.0. The topological polar surface area (TPSA) is 118 Å². The number of hydrogen-bond acceptors (Lipinski definition) is 6. The highest BCUT2D eigenvalue weighted by Crippen LogP contribution is 2.13. The maximum atomic E-state index is 13.0. The van der Waals surface area contributed by atoms with Crippen molar-refractivity contribution >= 4 is 27.5 Å². The average Bonchev–Trinajstić information content (AvgIpc) is 3.23. The molecule has 2 saturated heterocycles. The molecule has 10 nitrogen and oxygen atoms in total. The van der Waals surface area contributed by atoms with Crippen LogP contribution in [0.15, 0.2) is 10.6 Å². The number of aromatic nitrogens is 3. The van der Waals surface area contributed by atoms with Crippen LogP contribution in [0.25, 0.3) is 0 Å². The lowest BCUT2D eigenvalue weighted by atomic mass is 10.2. The van der Waals surface area contributed by atoms with Gasteiger partial charge in [-0.2, -0.15) is 19.4 Å². The van der Waals surface area contributed by atoms with E-state index in [9.17, 15) is 18.6 Å². The molecule has 2 fully saturated rings. The zero-order valence-corrected chi connectivity index (χ0v) is 17.6. The van der Waals surface area contributed by atoms with Crippen LogP contribution in [0, 0.1) is 0 Å². The van der Waals surface area contributed by atoms with Crippen LogP contribution in [-0.2, 0) is 37.6 Å². The molecule has 11 heteroatoms. The third-order valence-electron chi connectivity index (χ3n) is 5.20. The standard InChI is InChI=1S/C18H28N6O4S/c1-22-19-14-15(20-22)5-6-16(25)21-29(28)12-3-9-24(11-13-29)18(27)7-10-23-8-2-4-17(23)26/h14H,2-13H2,1H3. The minimum atomic E-state index is -2.66. The molecule has 0 bridgehead atoms. The van der Waals surface area contributed by atoms with E-state index in [4.69, 9.17) is 0 Å². The van der Waals surface area contributed by atoms with Crippen LogP contribution in [0.5, 0.6) is 0 Å². The molecule has 0 aliphatic carbocycles. The van der Waals surface area contributed by atoms with Gasteiger partial charge in [-0.15, -0.1) is 0 Å². The number of aryl methyl sites for hydroxylation is 2. The molecule has 2 aliphatic rings. The van der Waals surface area contributed by atoms with Crippen molar-refractivity contribution in [2.45, 2.75) is 38.5 Å². The third kappa shape index (κ3) is 6.09. The SMILES string of the molecule is Cn1ncc(CCC(=O)N=S2(=O)CCCN(C(=O)CCN3CCCC3=O)CC2)n1. The second-order valence-electron chi connectivity index (χ2n) is 7.46. The Morgan fingerprint density at radius 3 is 2.69 bits per heavy atom. The number of carbonyl (C=O) groups is 3. The summed E-state index contributed by atoms with van der Waals surface area (Å²) in [6.07, 6.45) is 4.39. The lowest BCUT2D eigenvalue weighted by molar-refractivity contribution is -0.132. The Labute approximate surface area is 170 Å². The Morgan fingerprint density at radius 2 is 2.00 bits per heavy atom. The molecule has 1 aromatic heterocycles. The summed E-state index contributed by atoms with van der Waals surface area (Å²) in [5, 5.41) is 8.07. The summed E-state index contributed by atoms with van der Waals surface area (Å²) < 4.78 is 17.0. The summed E-state index contributed by atoms with van der Waals surface area (Å²) >= 11 is 0. The second-order valence-corrected chi connectivity index (χ2v) is 10.0. The zero-order valence-electron chi connectivity index (χ0n) is 16.8. The summed E-state index contributed by atoms with van der Waals surface area (Å²) in [5.74, 6) is 0.196. The van der Waals surface area contributed by atoms with Gasteiger partial charge in [-0.3, -0.25) is 14.4 Å². The van der Waals surface area contributed by atoms with E-state index in [2.05, 4.69) is 14.6 Å². The molecule has 1 atom stereocenters. The summed E-state index contributed by atoms with van der Waals surface area (Å²) in [6.45, 7) is 1.99. The predicted octanol–water partition coefficient (Wildman–Crippen LogP) is -0.0129. The van der Waals surface area contributed by atoms with Crippen LogP contribution in [0.3, 0.4) is 0 Å². The van der Waals surface area contributed by atoms with E-state index in [-0.39, 0.29) is 30.4 Å². The van der Waals surface area contributed by atoms with Gasteiger partial charge in [-0.25, -0.2) is 4.21 Å². The molecule has 160 valence electrons. The summed E-state index contributed by atoms with van der Waals surface area (Å²) in [7, 11) is -0.953. The van der Waals surface area contributed by atoms with Gasteiger partial charge in [0, 0.05) is 70.4 Å². The van der Waals surface area contributed by atoms with E-state index in [1.165, 1.54) is 4.80 Å². The fourth-order valence-electron chi connectivity index (χ4n) is 3.59. The lowest BCUT2D eigenvalue weighted by Crippen LogP contribution is -2.36. The normalized spacial score (nSPS) is 22.6. The summed E-state index contributed by atoms with van der Waals surface area (Å²) in [5.41, 5.74) is 0.695. The summed E-state index contributed by atoms with van der Waals surface area (Å²) in [4.78, 5) is 41.2. The quantitative estimate of drug-likeness (QED) is 0.634. The third-order valence-corrected chi connectivity index (χ3v) is 7.48. The Hall–Kier alpha value is -2.30. The van der Waals surface area contributed by atoms with Crippen molar-refractivity contribution in [1.29, 1.82) is 0 Å². The van der Waals surface area contributed by atoms with Crippen LogP contribution in [0.2, 0.25) is 0 Å². The molecule has 3 amide bonds. The second kappa shape index (κ2) is 9.47. The van der Waals surface area contributed by atoms with E-state index in [0.29, 0.717) is 50.3 Å². The van der Waals surface area contributed by atoms with Crippen LogP contribution in [0.1, 0.15) is 37.8 Å². The average molecular weight is 425 g/mol. The van der Waals surface area contributed by atoms with E-state index >= 15 is 0 Å². The lowest BCUT2D eigenvalue weighted by Gasteiger charge is -2.22. The van der Waals surface area contributed by atoms with E-state index in [0.717, 1.165) is 13.0 Å². The minimum absolute atomic E-state index is 0.0395. The molecule has 29 heavy (non-hydrogen) atoms. The van der Waals surface area contributed by atoms with Crippen molar-refractivity contribution < 1.29 is 18.6 Å². The first-order valence-corrected chi connectivity index (χ1v) is 11.9. The van der Waals surface area contributed by atoms with Gasteiger partial charge < -0.3 is 9.80 Å². The smallest absolute Gasteiger partial charge is 0.254 e. The number of likely N-dealkylation sites (tertiary alicyclic amines) is 1. The van der Waals surface area contributed by atoms with Crippen molar-refractivity contribution in [2.75, 3.05) is 37.7 Å². The number of rotatable bonds is 6. The van der Waals surface area contributed by atoms with Gasteiger partial charge in [0.05, 0.1) is 21.6 Å². The number of hydrogen-bond donors (Lipinski definition) is 0. The van der Waals surface area contributed by atoms with Gasteiger partial charge in [-0.05, 0) is 12.8 Å². The fourth-order valence-corrected chi connectivity index (χ4v) is 5.52. The van der Waals surface area contributed by atoms with E-state index in [1.54, 1.807) is 23.0 Å². The number of carbonyl (C=O) groups excluding carboxylic acids is 3. The van der Waals surface area contributed by atoms with Crippen LogP contribution in [-0.4, -0.2) is 84.4 Å². The van der Waals surface area contributed by atoms with Gasteiger partial charge in [0.2, 0.25) is 11.8 Å². The van der Waals surface area contributed by atoms with Crippen molar-refractivity contribution in [3.63, 3.8) is 0 Å². The molecule has 0 radical (unpaired) electrons. The number of amides is 3. The monoisotopic (exact) mass is 424 g/mol. The van der Waals surface area contributed by atoms with Crippen molar-refractivity contribution in [3.05, 3.63) is 11.9 Å². The van der Waals surface area contributed by atoms with Gasteiger partial charge in [0.25, 0.3) is 5.91 Å². The molecule has 0 spiro atoms. The molecule has 3 rings (SSSR count). The highest BCUT2D eigenvalue weighted by atomic mass is 32.2. The van der Waals surface area contributed by atoms with Crippen LogP contribution >= 0.6 is 0 Å². The minimum Gasteiger partial charge on any atom is -0.342 e. The molecule has 0 N–H and O–H groups in total. The molecule has 2 aliphatic heterocycles. The molecular formula is C18H28N6O4S. The van der Waals surface area contributed by atoms with E-state index < -0.39 is 15.6 Å². The Morgan fingerprint density at radius 1 is 1.17 bits per heavy atom. The van der Waals surface area contributed by atoms with Gasteiger partial charge in [-0.1, -0.05) is 0 Å². The Kier molecular flexibility index (Phi) is 6.99. The Bertz CT molecular complexity index is 889. The van der Waals surface area contributed by atoms with Crippen LogP contribution in [0.4, 0.5) is 0 Å². The van der Waals surface area contributed by atoms with Crippen molar-refractivity contribution in [3.8, 4) is 0 Å². The predicted molar refractivity (Wildman–Crippen MR) is 106 cm³/mol. The fraction of sp³-hybridized carbons (Fsp3) is 0.722. The van der Waals surface area contributed by atoms with Crippen molar-refractivity contribution in [2.24, 2.45) is 11.4 Å².